The van der Waals surface area contributed by atoms with E-state index in [-0.39, 0.29) is 24.4 Å². The molecule has 3 aliphatic rings. The van der Waals surface area contributed by atoms with Crippen molar-refractivity contribution in [2.75, 3.05) is 23.9 Å². The number of aromatic nitrogens is 2. The molecule has 9 nitrogen and oxygen atoms in total. The van der Waals surface area contributed by atoms with E-state index in [4.69, 9.17) is 4.98 Å². The number of carboxylic acids is 1. The molecule has 2 saturated carbocycles. The zero-order chi connectivity index (χ0) is 28.7. The van der Waals surface area contributed by atoms with Gasteiger partial charge in [-0.15, -0.1) is 11.3 Å². The lowest BCUT2D eigenvalue weighted by atomic mass is 9.90. The monoisotopic (exact) mass is 573 g/mol. The molecule has 0 radical (unpaired) electrons. The number of aliphatic carboxylic acids is 1. The predicted octanol–water partition coefficient (Wildman–Crippen LogP) is 6.04. The fraction of sp³-hybridized carbons (Fsp3) is 0.452. The molecule has 0 unspecified atom stereocenters. The first kappa shape index (κ1) is 27.4. The topological polar surface area (TPSA) is 107 Å². The summed E-state index contributed by atoms with van der Waals surface area (Å²) < 4.78 is 0. The molecule has 6 rings (SSSR count). The lowest BCUT2D eigenvalue weighted by Crippen LogP contribution is -2.43. The second-order valence-electron chi connectivity index (χ2n) is 11.6. The summed E-state index contributed by atoms with van der Waals surface area (Å²) in [6.45, 7) is 0.463. The van der Waals surface area contributed by atoms with Gasteiger partial charge in [0, 0.05) is 48.8 Å². The molecule has 0 spiro atoms. The molecule has 0 bridgehead atoms. The summed E-state index contributed by atoms with van der Waals surface area (Å²) in [6.07, 6.45) is 8.60. The Balaban J connectivity index is 1.30. The number of amides is 3. The molecule has 41 heavy (non-hydrogen) atoms. The van der Waals surface area contributed by atoms with Crippen molar-refractivity contribution in [2.24, 2.45) is 11.8 Å². The number of carbonyl (C=O) groups is 3. The lowest BCUT2D eigenvalue weighted by Gasteiger charge is -2.32. The smallest absolute Gasteiger partial charge is 0.324 e. The van der Waals surface area contributed by atoms with Gasteiger partial charge in [0.05, 0.1) is 30.0 Å². The van der Waals surface area contributed by atoms with E-state index in [9.17, 15) is 19.5 Å². The molecule has 1 N–H and O–H groups in total. The number of nitrogens with zero attached hydrogens (tertiary/aromatic N) is 5. The number of hydrogen-bond donors (Lipinski definition) is 1. The quantitative estimate of drug-likeness (QED) is 0.335. The summed E-state index contributed by atoms with van der Waals surface area (Å²) in [4.78, 5) is 52.9. The van der Waals surface area contributed by atoms with Crippen LogP contribution in [-0.4, -0.2) is 58.0 Å². The Bertz CT molecular complexity index is 1480. The molecule has 2 fully saturated rings. The fourth-order valence-corrected chi connectivity index (χ4v) is 7.14. The van der Waals surface area contributed by atoms with Crippen LogP contribution in [0.3, 0.4) is 0 Å². The molecule has 214 valence electrons. The fourth-order valence-electron chi connectivity index (χ4n) is 6.24. The summed E-state index contributed by atoms with van der Waals surface area (Å²) in [7, 11) is 3.52. The molecule has 3 amide bonds. The van der Waals surface area contributed by atoms with Crippen molar-refractivity contribution in [3.63, 3.8) is 0 Å². The predicted molar refractivity (Wildman–Crippen MR) is 159 cm³/mol. The van der Waals surface area contributed by atoms with Gasteiger partial charge in [-0.1, -0.05) is 49.9 Å². The van der Waals surface area contributed by atoms with Crippen molar-refractivity contribution in [3.8, 4) is 22.4 Å². The Morgan fingerprint density at radius 2 is 1.85 bits per heavy atom. The average molecular weight is 574 g/mol. The molecule has 2 aliphatic carbocycles. The SMILES string of the molecule is CN1Cc2ncc(-c3ccccc3-c3csc(N(C(=O)[C@@H](CC(=O)O)CC4CCCC4)C4CC4)n3)cc2N(C)C1=O. The van der Waals surface area contributed by atoms with E-state index in [2.05, 4.69) is 4.98 Å². The van der Waals surface area contributed by atoms with E-state index in [0.29, 0.717) is 24.0 Å². The average Bonchev–Trinajstić information content (AvgIpc) is 3.43. The number of benzene rings is 1. The van der Waals surface area contributed by atoms with Gasteiger partial charge in [0.25, 0.3) is 0 Å². The number of anilines is 2. The van der Waals surface area contributed by atoms with Gasteiger partial charge in [0.15, 0.2) is 5.13 Å². The second-order valence-corrected chi connectivity index (χ2v) is 12.4. The third kappa shape index (κ3) is 5.57. The van der Waals surface area contributed by atoms with E-state index in [0.717, 1.165) is 72.3 Å². The van der Waals surface area contributed by atoms with Crippen LogP contribution in [-0.2, 0) is 16.1 Å². The molecule has 0 saturated heterocycles. The van der Waals surface area contributed by atoms with Crippen LogP contribution in [0.25, 0.3) is 22.4 Å². The van der Waals surface area contributed by atoms with Crippen molar-refractivity contribution < 1.29 is 19.5 Å². The largest absolute Gasteiger partial charge is 0.481 e. The molecule has 3 aromatic rings. The maximum atomic E-state index is 13.9. The second kappa shape index (κ2) is 11.2. The third-order valence-corrected chi connectivity index (χ3v) is 9.37. The highest BCUT2D eigenvalue weighted by molar-refractivity contribution is 7.14. The van der Waals surface area contributed by atoms with Gasteiger partial charge in [-0.25, -0.2) is 9.78 Å². The third-order valence-electron chi connectivity index (χ3n) is 8.53. The first-order valence-electron chi connectivity index (χ1n) is 14.4. The molecular formula is C31H35N5O4S. The number of carbonyl (C=O) groups excluding carboxylic acids is 2. The minimum absolute atomic E-state index is 0.0761. The van der Waals surface area contributed by atoms with Gasteiger partial charge in [-0.05, 0) is 36.8 Å². The van der Waals surface area contributed by atoms with E-state index in [1.54, 1.807) is 28.8 Å². The van der Waals surface area contributed by atoms with Crippen LogP contribution in [0.2, 0.25) is 0 Å². The summed E-state index contributed by atoms with van der Waals surface area (Å²) >= 11 is 1.43. The van der Waals surface area contributed by atoms with Crippen LogP contribution in [0.4, 0.5) is 15.6 Å². The molecule has 3 heterocycles. The Morgan fingerprint density at radius 3 is 2.56 bits per heavy atom. The number of carboxylic acid groups (broad SMARTS) is 1. The molecule has 10 heteroatoms. The highest BCUT2D eigenvalue weighted by atomic mass is 32.1. The number of rotatable bonds is 9. The van der Waals surface area contributed by atoms with Crippen LogP contribution in [0.5, 0.6) is 0 Å². The highest BCUT2D eigenvalue weighted by Crippen LogP contribution is 2.41. The Hall–Kier alpha value is -3.79. The van der Waals surface area contributed by atoms with Crippen molar-refractivity contribution in [1.29, 1.82) is 0 Å². The molecule has 1 aromatic carbocycles. The van der Waals surface area contributed by atoms with E-state index in [1.807, 2.05) is 41.9 Å². The maximum Gasteiger partial charge on any atom is 0.324 e. The van der Waals surface area contributed by atoms with Crippen LogP contribution in [0, 0.1) is 11.8 Å². The first-order valence-corrected chi connectivity index (χ1v) is 15.3. The first-order chi connectivity index (χ1) is 19.8. The zero-order valence-electron chi connectivity index (χ0n) is 23.5. The minimum Gasteiger partial charge on any atom is -0.481 e. The van der Waals surface area contributed by atoms with Crippen LogP contribution >= 0.6 is 11.3 Å². The Kier molecular flexibility index (Phi) is 7.50. The molecular weight excluding hydrogens is 538 g/mol. The zero-order valence-corrected chi connectivity index (χ0v) is 24.3. The molecule has 1 atom stereocenters. The number of pyridine rings is 1. The van der Waals surface area contributed by atoms with E-state index in [1.165, 1.54) is 11.3 Å². The Labute approximate surface area is 243 Å². The van der Waals surface area contributed by atoms with E-state index < -0.39 is 11.9 Å². The highest BCUT2D eigenvalue weighted by Gasteiger charge is 2.40. The molecule has 2 aromatic heterocycles. The van der Waals surface area contributed by atoms with Gasteiger partial charge in [0.1, 0.15) is 0 Å². The van der Waals surface area contributed by atoms with Gasteiger partial charge < -0.3 is 10.0 Å². The van der Waals surface area contributed by atoms with Gasteiger partial charge >= 0.3 is 12.0 Å². The summed E-state index contributed by atoms with van der Waals surface area (Å²) in [6, 6.07) is 9.95. The van der Waals surface area contributed by atoms with Crippen molar-refractivity contribution >= 4 is 40.1 Å². The van der Waals surface area contributed by atoms with E-state index >= 15 is 0 Å². The normalized spacial score (nSPS) is 18.0. The standard InChI is InChI=1S/C31H35N5O4S/c1-34-17-25-27(35(2)31(34)40)14-21(16-32-25)23-9-5-6-10-24(23)26-18-41-30(33-26)36(22-11-12-22)29(39)20(15-28(37)38)13-19-7-3-4-8-19/h5-6,9-10,14,16,18-20,22H,3-4,7-8,11-13,15,17H2,1-2H3,(H,37,38)/t20-/m1/s1. The van der Waals surface area contributed by atoms with Crippen molar-refractivity contribution in [2.45, 2.75) is 64.0 Å². The number of urea groups is 1. The van der Waals surface area contributed by atoms with Gasteiger partial charge in [0.2, 0.25) is 5.91 Å². The summed E-state index contributed by atoms with van der Waals surface area (Å²) in [5.74, 6) is -1.14. The van der Waals surface area contributed by atoms with Crippen LogP contribution < -0.4 is 9.80 Å². The number of hydrogen-bond acceptors (Lipinski definition) is 6. The van der Waals surface area contributed by atoms with Crippen molar-refractivity contribution in [3.05, 3.63) is 47.6 Å². The molecule has 1 aliphatic heterocycles. The van der Waals surface area contributed by atoms with Gasteiger partial charge in [-0.3, -0.25) is 24.4 Å². The van der Waals surface area contributed by atoms with Gasteiger partial charge in [-0.2, -0.15) is 0 Å². The van der Waals surface area contributed by atoms with Crippen LogP contribution in [0.1, 0.15) is 57.1 Å². The maximum absolute atomic E-state index is 13.9. The van der Waals surface area contributed by atoms with Crippen LogP contribution in [0.15, 0.2) is 41.9 Å². The summed E-state index contributed by atoms with van der Waals surface area (Å²) in [5, 5.41) is 12.2. The number of thiazole rings is 1. The Morgan fingerprint density at radius 1 is 1.12 bits per heavy atom. The lowest BCUT2D eigenvalue weighted by molar-refractivity contribution is -0.141. The summed E-state index contributed by atoms with van der Waals surface area (Å²) in [5.41, 5.74) is 5.12. The minimum atomic E-state index is -0.927. The van der Waals surface area contributed by atoms with Crippen molar-refractivity contribution in [1.82, 2.24) is 14.9 Å². The number of fused-ring (bicyclic) bond motifs is 1.